The summed E-state index contributed by atoms with van der Waals surface area (Å²) in [7, 11) is 0. The number of hydrogen-bond donors (Lipinski definition) is 6. The average molecular weight is 898 g/mol. The van der Waals surface area contributed by atoms with Crippen LogP contribution in [-0.4, -0.2) is 87.5 Å². The Morgan fingerprint density at radius 3 is 1.13 bits per heavy atom. The van der Waals surface area contributed by atoms with Gasteiger partial charge in [-0.3, -0.25) is 4.79 Å². The predicted octanol–water partition coefficient (Wildman–Crippen LogP) is 13.1. The van der Waals surface area contributed by atoms with Crippen molar-refractivity contribution in [2.24, 2.45) is 0 Å². The van der Waals surface area contributed by atoms with Crippen LogP contribution in [-0.2, 0) is 14.3 Å². The zero-order valence-corrected chi connectivity index (χ0v) is 41.6. The molecule has 9 heteroatoms. The van der Waals surface area contributed by atoms with Crippen LogP contribution in [0.25, 0.3) is 0 Å². The normalized spacial score (nSPS) is 20.0. The first-order valence-corrected chi connectivity index (χ1v) is 27.7. The van der Waals surface area contributed by atoms with Gasteiger partial charge in [0.05, 0.1) is 25.4 Å². The molecule has 0 aromatic heterocycles. The molecule has 7 atom stereocenters. The molecule has 1 amide bonds. The van der Waals surface area contributed by atoms with Gasteiger partial charge in [0.1, 0.15) is 24.4 Å². The number of carbonyl (C=O) groups is 1. The van der Waals surface area contributed by atoms with E-state index in [1.54, 1.807) is 0 Å². The summed E-state index contributed by atoms with van der Waals surface area (Å²) in [5.41, 5.74) is 0. The molecule has 1 fully saturated rings. The van der Waals surface area contributed by atoms with E-state index < -0.39 is 49.5 Å². The molecule has 1 aliphatic rings. The van der Waals surface area contributed by atoms with Crippen LogP contribution >= 0.6 is 0 Å². The summed E-state index contributed by atoms with van der Waals surface area (Å²) in [6, 6.07) is -0.713. The van der Waals surface area contributed by atoms with Crippen molar-refractivity contribution < 1.29 is 39.8 Å². The molecule has 0 aromatic carbocycles. The van der Waals surface area contributed by atoms with Crippen LogP contribution in [0.3, 0.4) is 0 Å². The summed E-state index contributed by atoms with van der Waals surface area (Å²) in [6.45, 7) is 3.88. The first kappa shape index (κ1) is 60.2. The lowest BCUT2D eigenvalue weighted by Gasteiger charge is -2.40. The van der Waals surface area contributed by atoms with E-state index in [4.69, 9.17) is 9.47 Å². The lowest BCUT2D eigenvalue weighted by atomic mass is 9.99. The van der Waals surface area contributed by atoms with Gasteiger partial charge in [0.25, 0.3) is 0 Å². The summed E-state index contributed by atoms with van der Waals surface area (Å²) >= 11 is 0. The third-order valence-corrected chi connectivity index (χ3v) is 13.7. The van der Waals surface area contributed by atoms with Gasteiger partial charge in [-0.15, -0.1) is 0 Å². The molecule has 7 unspecified atom stereocenters. The van der Waals surface area contributed by atoms with Gasteiger partial charge in [0.2, 0.25) is 5.91 Å². The minimum absolute atomic E-state index is 0.131. The van der Waals surface area contributed by atoms with Crippen molar-refractivity contribution in [3.05, 3.63) is 0 Å². The Hall–Kier alpha value is -0.810. The summed E-state index contributed by atoms with van der Waals surface area (Å²) < 4.78 is 11.3. The molecule has 0 aromatic rings. The molecule has 1 saturated heterocycles. The van der Waals surface area contributed by atoms with Crippen molar-refractivity contribution in [1.82, 2.24) is 5.32 Å². The Bertz CT molecular complexity index is 955. The lowest BCUT2D eigenvalue weighted by Crippen LogP contribution is -2.60. The van der Waals surface area contributed by atoms with Crippen LogP contribution in [0.2, 0.25) is 0 Å². The van der Waals surface area contributed by atoms with Gasteiger partial charge >= 0.3 is 0 Å². The van der Waals surface area contributed by atoms with E-state index in [0.29, 0.717) is 12.8 Å². The molecule has 9 nitrogen and oxygen atoms in total. The van der Waals surface area contributed by atoms with Crippen LogP contribution in [0.4, 0.5) is 0 Å². The highest BCUT2D eigenvalue weighted by molar-refractivity contribution is 5.76. The Kier molecular flexibility index (Phi) is 43.0. The molecule has 376 valence electrons. The molecule has 63 heavy (non-hydrogen) atoms. The van der Waals surface area contributed by atoms with E-state index in [2.05, 4.69) is 19.2 Å². The molecule has 6 N–H and O–H groups in total. The largest absolute Gasteiger partial charge is 0.394 e. The average Bonchev–Trinajstić information content (AvgIpc) is 3.28. The minimum Gasteiger partial charge on any atom is -0.394 e. The summed E-state index contributed by atoms with van der Waals surface area (Å²) in [4.78, 5) is 13.0. The number of aliphatic hydroxyl groups excluding tert-OH is 5. The predicted molar refractivity (Wildman–Crippen MR) is 263 cm³/mol. The van der Waals surface area contributed by atoms with Crippen LogP contribution in [0.1, 0.15) is 284 Å². The number of carbonyl (C=O) groups excluding carboxylic acids is 1. The number of nitrogens with one attached hydrogen (secondary N) is 1. The Balaban J connectivity index is 2.20. The molecular weight excluding hydrogens is 791 g/mol. The minimum atomic E-state index is -1.55. The van der Waals surface area contributed by atoms with Gasteiger partial charge in [-0.25, -0.2) is 0 Å². The number of unbranched alkanes of at least 4 members (excludes halogenated alkanes) is 38. The lowest BCUT2D eigenvalue weighted by molar-refractivity contribution is -0.302. The molecular formula is C54H107NO8. The van der Waals surface area contributed by atoms with E-state index in [1.807, 2.05) is 0 Å². The van der Waals surface area contributed by atoms with E-state index in [0.717, 1.165) is 38.5 Å². The van der Waals surface area contributed by atoms with Gasteiger partial charge < -0.3 is 40.3 Å². The third-order valence-electron chi connectivity index (χ3n) is 13.7. The van der Waals surface area contributed by atoms with E-state index in [9.17, 15) is 30.3 Å². The standard InChI is InChI=1S/C54H107NO8/c1-3-5-7-9-11-13-15-17-19-21-22-23-24-25-26-27-28-29-31-33-35-37-39-41-43-48(57)47(46-62-54-53(61)52(60)51(59)49(45-56)63-54)55-50(58)44-42-40-38-36-34-32-30-20-18-16-14-12-10-8-6-4-2/h47-49,51-54,56-57,59-61H,3-46H2,1-2H3,(H,55,58). The fourth-order valence-corrected chi connectivity index (χ4v) is 9.28. The Morgan fingerprint density at radius 1 is 0.476 bits per heavy atom. The maximum absolute atomic E-state index is 13.0. The fraction of sp³-hybridized carbons (Fsp3) is 0.981. The number of amides is 1. The first-order chi connectivity index (χ1) is 30.8. The molecule has 1 rings (SSSR count). The number of hydrogen-bond acceptors (Lipinski definition) is 8. The topological polar surface area (TPSA) is 149 Å². The zero-order chi connectivity index (χ0) is 45.9. The molecule has 1 aliphatic heterocycles. The molecule has 0 radical (unpaired) electrons. The van der Waals surface area contributed by atoms with Crippen molar-refractivity contribution in [2.45, 2.75) is 326 Å². The number of aliphatic hydroxyl groups is 5. The second-order valence-corrected chi connectivity index (χ2v) is 19.7. The highest BCUT2D eigenvalue weighted by Crippen LogP contribution is 2.23. The monoisotopic (exact) mass is 898 g/mol. The smallest absolute Gasteiger partial charge is 0.220 e. The van der Waals surface area contributed by atoms with Crippen molar-refractivity contribution >= 4 is 5.91 Å². The second-order valence-electron chi connectivity index (χ2n) is 19.7. The summed E-state index contributed by atoms with van der Waals surface area (Å²) in [5, 5.41) is 54.6. The summed E-state index contributed by atoms with van der Waals surface area (Å²) in [6.07, 6.45) is 45.5. The van der Waals surface area contributed by atoms with E-state index in [-0.39, 0.29) is 12.5 Å². The van der Waals surface area contributed by atoms with Gasteiger partial charge in [0.15, 0.2) is 6.29 Å². The van der Waals surface area contributed by atoms with Gasteiger partial charge in [0, 0.05) is 6.42 Å². The maximum atomic E-state index is 13.0. The van der Waals surface area contributed by atoms with Crippen molar-refractivity contribution in [3.63, 3.8) is 0 Å². The van der Waals surface area contributed by atoms with Crippen LogP contribution < -0.4 is 5.32 Å². The maximum Gasteiger partial charge on any atom is 0.220 e. The first-order valence-electron chi connectivity index (χ1n) is 27.7. The van der Waals surface area contributed by atoms with Crippen LogP contribution in [0.15, 0.2) is 0 Å². The van der Waals surface area contributed by atoms with Crippen LogP contribution in [0, 0.1) is 0 Å². The fourth-order valence-electron chi connectivity index (χ4n) is 9.28. The van der Waals surface area contributed by atoms with Gasteiger partial charge in [-0.2, -0.15) is 0 Å². The zero-order valence-electron chi connectivity index (χ0n) is 41.6. The van der Waals surface area contributed by atoms with Gasteiger partial charge in [-0.1, -0.05) is 264 Å². The third kappa shape index (κ3) is 35.1. The van der Waals surface area contributed by atoms with Crippen molar-refractivity contribution in [2.75, 3.05) is 13.2 Å². The quantitative estimate of drug-likeness (QED) is 0.0331. The number of rotatable bonds is 48. The van der Waals surface area contributed by atoms with Crippen molar-refractivity contribution in [1.29, 1.82) is 0 Å². The molecule has 0 spiro atoms. The molecule has 0 aliphatic carbocycles. The second kappa shape index (κ2) is 45.0. The van der Waals surface area contributed by atoms with E-state index >= 15 is 0 Å². The van der Waals surface area contributed by atoms with Crippen LogP contribution in [0.5, 0.6) is 0 Å². The highest BCUT2D eigenvalue weighted by atomic mass is 16.7. The molecule has 0 saturated carbocycles. The summed E-state index contributed by atoms with van der Waals surface area (Å²) in [5.74, 6) is -0.138. The van der Waals surface area contributed by atoms with Gasteiger partial charge in [-0.05, 0) is 12.8 Å². The Morgan fingerprint density at radius 2 is 0.794 bits per heavy atom. The Labute approximate surface area is 389 Å². The highest BCUT2D eigenvalue weighted by Gasteiger charge is 2.44. The van der Waals surface area contributed by atoms with Crippen molar-refractivity contribution in [3.8, 4) is 0 Å². The molecule has 1 heterocycles. The number of ether oxygens (including phenoxy) is 2. The SMILES string of the molecule is CCCCCCCCCCCCCCCCCCCCCCCCCCC(O)C(COC1OC(CO)C(O)C(O)C1O)NC(=O)CCCCCCCCCCCCCCCCCC. The molecule has 0 bridgehead atoms. The van der Waals surface area contributed by atoms with E-state index in [1.165, 1.54) is 218 Å².